The van der Waals surface area contributed by atoms with E-state index in [9.17, 15) is 4.79 Å². The molecule has 2 aliphatic rings. The Morgan fingerprint density at radius 1 is 1.21 bits per heavy atom. The summed E-state index contributed by atoms with van der Waals surface area (Å²) in [6.07, 6.45) is 6.27. The Morgan fingerprint density at radius 2 is 2.04 bits per heavy atom. The van der Waals surface area contributed by atoms with Gasteiger partial charge in [-0.3, -0.25) is 9.69 Å². The van der Waals surface area contributed by atoms with Gasteiger partial charge >= 0.3 is 0 Å². The number of carbonyl (C=O) groups is 1. The van der Waals surface area contributed by atoms with Gasteiger partial charge in [0.1, 0.15) is 11.6 Å². The zero-order valence-corrected chi connectivity index (χ0v) is 16.7. The highest BCUT2D eigenvalue weighted by atomic mass is 16.5. The zero-order chi connectivity index (χ0) is 19.5. The van der Waals surface area contributed by atoms with Crippen LogP contribution in [0.4, 0.5) is 0 Å². The van der Waals surface area contributed by atoms with Crippen LogP contribution in [0, 0.1) is 0 Å². The van der Waals surface area contributed by atoms with E-state index in [0.717, 1.165) is 55.3 Å². The minimum atomic E-state index is 0.118. The van der Waals surface area contributed by atoms with E-state index in [2.05, 4.69) is 17.0 Å². The van der Waals surface area contributed by atoms with Crippen LogP contribution in [0.25, 0.3) is 0 Å². The molecule has 0 radical (unpaired) electrons. The summed E-state index contributed by atoms with van der Waals surface area (Å²) in [5, 5.41) is 0. The monoisotopic (exact) mass is 380 g/mol. The lowest BCUT2D eigenvalue weighted by Crippen LogP contribution is -2.36. The van der Waals surface area contributed by atoms with Crippen molar-refractivity contribution in [2.75, 3.05) is 20.2 Å². The Kier molecular flexibility index (Phi) is 5.57. The number of nitrogens with zero attached hydrogens (tertiary/aromatic N) is 4. The van der Waals surface area contributed by atoms with Gasteiger partial charge in [0.15, 0.2) is 0 Å². The van der Waals surface area contributed by atoms with E-state index in [4.69, 9.17) is 14.7 Å². The third kappa shape index (κ3) is 4.02. The van der Waals surface area contributed by atoms with Crippen molar-refractivity contribution in [3.63, 3.8) is 0 Å². The van der Waals surface area contributed by atoms with Crippen molar-refractivity contribution in [3.8, 4) is 5.75 Å². The average Bonchev–Trinajstić information content (AvgIpc) is 2.74. The number of rotatable bonds is 4. The maximum absolute atomic E-state index is 11.7. The van der Waals surface area contributed by atoms with Gasteiger partial charge in [-0.25, -0.2) is 9.97 Å². The number of amides is 1. The third-order valence-electron chi connectivity index (χ3n) is 5.85. The topological polar surface area (TPSA) is 58.6 Å². The number of likely N-dealkylation sites (tertiary alicyclic amines) is 1. The molecule has 1 fully saturated rings. The first-order valence-electron chi connectivity index (χ1n) is 10.1. The number of carbonyl (C=O) groups excluding carboxylic acids is 1. The van der Waals surface area contributed by atoms with Gasteiger partial charge in [-0.1, -0.05) is 18.6 Å². The average molecular weight is 380 g/mol. The van der Waals surface area contributed by atoms with Crippen LogP contribution in [-0.2, 0) is 24.3 Å². The summed E-state index contributed by atoms with van der Waals surface area (Å²) < 4.78 is 5.27. The van der Waals surface area contributed by atoms with E-state index in [-0.39, 0.29) is 11.9 Å². The lowest BCUT2D eigenvalue weighted by Gasteiger charge is -2.35. The van der Waals surface area contributed by atoms with E-state index in [0.29, 0.717) is 6.54 Å². The van der Waals surface area contributed by atoms with Crippen LogP contribution in [0.3, 0.4) is 0 Å². The first kappa shape index (κ1) is 18.9. The normalized spacial score (nSPS) is 19.9. The molecule has 0 unspecified atom stereocenters. The summed E-state index contributed by atoms with van der Waals surface area (Å²) in [6.45, 7) is 4.96. The summed E-state index contributed by atoms with van der Waals surface area (Å²) >= 11 is 0. The molecule has 2 aromatic rings. The standard InChI is InChI=1S/C22H28N4O2/c1-16(27)25-12-10-20-18(15-25)13-23-22(24-20)21-5-3-4-11-26(21)14-17-6-8-19(28-2)9-7-17/h6-9,13,21H,3-5,10-12,14-15H2,1-2H3/t21-/m0/s1. The van der Waals surface area contributed by atoms with Crippen molar-refractivity contribution in [1.29, 1.82) is 0 Å². The molecule has 0 aliphatic carbocycles. The van der Waals surface area contributed by atoms with E-state index < -0.39 is 0 Å². The van der Waals surface area contributed by atoms with Gasteiger partial charge < -0.3 is 9.64 Å². The number of hydrogen-bond acceptors (Lipinski definition) is 5. The molecule has 4 rings (SSSR count). The molecule has 0 bridgehead atoms. The second kappa shape index (κ2) is 8.27. The minimum absolute atomic E-state index is 0.118. The van der Waals surface area contributed by atoms with Gasteiger partial charge in [-0.2, -0.15) is 0 Å². The lowest BCUT2D eigenvalue weighted by atomic mass is 9.99. The highest BCUT2D eigenvalue weighted by molar-refractivity contribution is 5.73. The molecule has 0 spiro atoms. The van der Waals surface area contributed by atoms with Gasteiger partial charge in [-0.15, -0.1) is 0 Å². The second-order valence-corrected chi connectivity index (χ2v) is 7.72. The highest BCUT2D eigenvalue weighted by Gasteiger charge is 2.28. The number of hydrogen-bond donors (Lipinski definition) is 0. The highest BCUT2D eigenvalue weighted by Crippen LogP contribution is 2.31. The van der Waals surface area contributed by atoms with Crippen molar-refractivity contribution in [2.24, 2.45) is 0 Å². The fourth-order valence-electron chi connectivity index (χ4n) is 4.20. The van der Waals surface area contributed by atoms with Gasteiger partial charge in [0, 0.05) is 44.7 Å². The fraction of sp³-hybridized carbons (Fsp3) is 0.500. The lowest BCUT2D eigenvalue weighted by molar-refractivity contribution is -0.129. The van der Waals surface area contributed by atoms with Crippen molar-refractivity contribution in [2.45, 2.75) is 51.7 Å². The predicted molar refractivity (Wildman–Crippen MR) is 107 cm³/mol. The summed E-state index contributed by atoms with van der Waals surface area (Å²) in [6, 6.07) is 8.56. The second-order valence-electron chi connectivity index (χ2n) is 7.72. The zero-order valence-electron chi connectivity index (χ0n) is 16.7. The van der Waals surface area contributed by atoms with Crippen LogP contribution >= 0.6 is 0 Å². The predicted octanol–water partition coefficient (Wildman–Crippen LogP) is 3.12. The molecule has 1 aromatic carbocycles. The molecule has 6 heteroatoms. The fourth-order valence-corrected chi connectivity index (χ4v) is 4.20. The summed E-state index contributed by atoms with van der Waals surface area (Å²) in [4.78, 5) is 25.7. The Morgan fingerprint density at radius 3 is 2.79 bits per heavy atom. The summed E-state index contributed by atoms with van der Waals surface area (Å²) in [5.41, 5.74) is 3.47. The Hall–Kier alpha value is -2.47. The van der Waals surface area contributed by atoms with Gasteiger partial charge in [-0.05, 0) is 37.1 Å². The number of aromatic nitrogens is 2. The minimum Gasteiger partial charge on any atom is -0.497 e. The van der Waals surface area contributed by atoms with Crippen molar-refractivity contribution in [3.05, 3.63) is 53.1 Å². The number of fused-ring (bicyclic) bond motifs is 1. The smallest absolute Gasteiger partial charge is 0.219 e. The van der Waals surface area contributed by atoms with E-state index in [1.807, 2.05) is 23.2 Å². The molecule has 1 saturated heterocycles. The van der Waals surface area contributed by atoms with Crippen molar-refractivity contribution >= 4 is 5.91 Å². The van der Waals surface area contributed by atoms with Gasteiger partial charge in [0.25, 0.3) is 0 Å². The Bertz CT molecular complexity index is 837. The molecule has 1 amide bonds. The number of methoxy groups -OCH3 is 1. The van der Waals surface area contributed by atoms with Crippen molar-refractivity contribution < 1.29 is 9.53 Å². The maximum Gasteiger partial charge on any atom is 0.219 e. The molecule has 148 valence electrons. The molecule has 3 heterocycles. The first-order valence-corrected chi connectivity index (χ1v) is 10.1. The van der Waals surface area contributed by atoms with Crippen LogP contribution in [0.1, 0.15) is 54.9 Å². The molecule has 0 saturated carbocycles. The van der Waals surface area contributed by atoms with Crippen molar-refractivity contribution in [1.82, 2.24) is 19.8 Å². The molecule has 1 aromatic heterocycles. The number of ether oxygens (including phenoxy) is 1. The summed E-state index contributed by atoms with van der Waals surface area (Å²) in [7, 11) is 1.69. The molecule has 28 heavy (non-hydrogen) atoms. The molecule has 6 nitrogen and oxygen atoms in total. The van der Waals surface area contributed by atoms with Crippen LogP contribution in [0.15, 0.2) is 30.5 Å². The quantitative estimate of drug-likeness (QED) is 0.816. The number of piperidine rings is 1. The molecule has 0 N–H and O–H groups in total. The van der Waals surface area contributed by atoms with Crippen LogP contribution in [-0.4, -0.2) is 45.9 Å². The maximum atomic E-state index is 11.7. The van der Waals surface area contributed by atoms with Crippen LogP contribution in [0.2, 0.25) is 0 Å². The molecular formula is C22H28N4O2. The SMILES string of the molecule is COc1ccc(CN2CCCC[C@H]2c2ncc3c(n2)CCN(C(C)=O)C3)cc1. The van der Waals surface area contributed by atoms with E-state index >= 15 is 0 Å². The van der Waals surface area contributed by atoms with E-state index in [1.165, 1.54) is 18.4 Å². The summed E-state index contributed by atoms with van der Waals surface area (Å²) in [5.74, 6) is 1.94. The van der Waals surface area contributed by atoms with Gasteiger partial charge in [0.05, 0.1) is 18.8 Å². The Balaban J connectivity index is 1.52. The largest absolute Gasteiger partial charge is 0.497 e. The van der Waals surface area contributed by atoms with Crippen LogP contribution in [0.5, 0.6) is 5.75 Å². The first-order chi connectivity index (χ1) is 13.6. The van der Waals surface area contributed by atoms with Gasteiger partial charge in [0.2, 0.25) is 5.91 Å². The Labute approximate surface area is 166 Å². The van der Waals surface area contributed by atoms with Crippen LogP contribution < -0.4 is 4.74 Å². The number of benzene rings is 1. The van der Waals surface area contributed by atoms with E-state index in [1.54, 1.807) is 14.0 Å². The third-order valence-corrected chi connectivity index (χ3v) is 5.85. The molecular weight excluding hydrogens is 352 g/mol. The molecule has 2 aliphatic heterocycles. The molecule has 1 atom stereocenters.